The molecule has 0 aliphatic rings. The van der Waals surface area contributed by atoms with Crippen molar-refractivity contribution in [1.29, 1.82) is 0 Å². The van der Waals surface area contributed by atoms with Crippen LogP contribution < -0.4 is 9.62 Å². The van der Waals surface area contributed by atoms with E-state index < -0.39 is 34.3 Å². The SMILES string of the molecule is CC(C)NC(=O)[C@H](C)N(Cc1ccccc1)C(=O)CN(c1ccc(F)c(Cl)c1)S(=O)(=O)c1ccccc1. The molecule has 0 saturated heterocycles. The molecule has 37 heavy (non-hydrogen) atoms. The van der Waals surface area contributed by atoms with Gasteiger partial charge < -0.3 is 10.2 Å². The van der Waals surface area contributed by atoms with Crippen LogP contribution in [0.15, 0.2) is 83.8 Å². The number of anilines is 1. The highest BCUT2D eigenvalue weighted by molar-refractivity contribution is 7.92. The number of benzene rings is 3. The van der Waals surface area contributed by atoms with E-state index in [1.165, 1.54) is 23.1 Å². The number of hydrogen-bond donors (Lipinski definition) is 1. The number of hydrogen-bond acceptors (Lipinski definition) is 4. The van der Waals surface area contributed by atoms with E-state index in [2.05, 4.69) is 5.32 Å². The van der Waals surface area contributed by atoms with Gasteiger partial charge >= 0.3 is 0 Å². The molecule has 3 aromatic carbocycles. The first-order valence-corrected chi connectivity index (χ1v) is 13.5. The van der Waals surface area contributed by atoms with Gasteiger partial charge in [0, 0.05) is 12.6 Å². The molecule has 0 fully saturated rings. The Kier molecular flexibility index (Phi) is 9.29. The molecular weight excluding hydrogens is 517 g/mol. The fraction of sp³-hybridized carbons (Fsp3) is 0.259. The Labute approximate surface area is 221 Å². The Morgan fingerprint density at radius 1 is 0.946 bits per heavy atom. The molecule has 0 bridgehead atoms. The van der Waals surface area contributed by atoms with E-state index in [1.807, 2.05) is 30.3 Å². The number of amides is 2. The number of carbonyl (C=O) groups excluding carboxylic acids is 2. The van der Waals surface area contributed by atoms with Crippen LogP contribution in [0.3, 0.4) is 0 Å². The van der Waals surface area contributed by atoms with Crippen LogP contribution >= 0.6 is 11.6 Å². The summed E-state index contributed by atoms with van der Waals surface area (Å²) < 4.78 is 42.0. The maximum absolute atomic E-state index is 13.9. The Morgan fingerprint density at radius 2 is 1.54 bits per heavy atom. The minimum absolute atomic E-state index is 0.0162. The Bertz CT molecular complexity index is 1340. The summed E-state index contributed by atoms with van der Waals surface area (Å²) in [6.07, 6.45) is 0. The third kappa shape index (κ3) is 7.08. The minimum Gasteiger partial charge on any atom is -0.352 e. The quantitative estimate of drug-likeness (QED) is 0.403. The van der Waals surface area contributed by atoms with Gasteiger partial charge in [0.1, 0.15) is 18.4 Å². The second kappa shape index (κ2) is 12.2. The average Bonchev–Trinajstić information content (AvgIpc) is 2.87. The van der Waals surface area contributed by atoms with Crippen molar-refractivity contribution >= 4 is 39.1 Å². The smallest absolute Gasteiger partial charge is 0.264 e. The van der Waals surface area contributed by atoms with Gasteiger partial charge in [0.2, 0.25) is 11.8 Å². The molecule has 0 aromatic heterocycles. The van der Waals surface area contributed by atoms with Gasteiger partial charge in [0.05, 0.1) is 15.6 Å². The number of nitrogens with zero attached hydrogens (tertiary/aromatic N) is 2. The molecule has 3 rings (SSSR count). The monoisotopic (exact) mass is 545 g/mol. The zero-order valence-corrected chi connectivity index (χ0v) is 22.3. The minimum atomic E-state index is -4.25. The van der Waals surface area contributed by atoms with Gasteiger partial charge in [-0.05, 0) is 56.7 Å². The lowest BCUT2D eigenvalue weighted by atomic mass is 10.1. The van der Waals surface area contributed by atoms with Crippen molar-refractivity contribution < 1.29 is 22.4 Å². The standard InChI is InChI=1S/C27H29ClFN3O4S/c1-19(2)30-27(34)20(3)31(17-21-10-6-4-7-11-21)26(33)18-32(22-14-15-25(29)24(28)16-22)37(35,36)23-12-8-5-9-13-23/h4-16,19-20H,17-18H2,1-3H3,(H,30,34)/t20-/m0/s1. The molecule has 1 atom stereocenters. The maximum Gasteiger partial charge on any atom is 0.264 e. The second-order valence-corrected chi connectivity index (χ2v) is 11.0. The van der Waals surface area contributed by atoms with E-state index in [-0.39, 0.29) is 34.1 Å². The summed E-state index contributed by atoms with van der Waals surface area (Å²) in [4.78, 5) is 27.8. The Balaban J connectivity index is 2.03. The summed E-state index contributed by atoms with van der Waals surface area (Å²) in [5.74, 6) is -1.71. The van der Waals surface area contributed by atoms with Gasteiger partial charge in [0.25, 0.3) is 10.0 Å². The molecule has 196 valence electrons. The van der Waals surface area contributed by atoms with Crippen LogP contribution in [0.4, 0.5) is 10.1 Å². The first kappa shape index (κ1) is 28.1. The van der Waals surface area contributed by atoms with Crippen molar-refractivity contribution in [2.45, 2.75) is 44.3 Å². The first-order chi connectivity index (χ1) is 17.5. The van der Waals surface area contributed by atoms with E-state index in [1.54, 1.807) is 39.0 Å². The fourth-order valence-corrected chi connectivity index (χ4v) is 5.26. The normalized spacial score (nSPS) is 12.2. The fourth-order valence-electron chi connectivity index (χ4n) is 3.66. The molecular formula is C27H29ClFN3O4S. The van der Waals surface area contributed by atoms with E-state index in [0.717, 1.165) is 22.0 Å². The maximum atomic E-state index is 13.9. The average molecular weight is 546 g/mol. The van der Waals surface area contributed by atoms with Crippen molar-refractivity contribution in [2.24, 2.45) is 0 Å². The molecule has 10 heteroatoms. The van der Waals surface area contributed by atoms with Crippen molar-refractivity contribution in [3.05, 3.63) is 95.3 Å². The van der Waals surface area contributed by atoms with Gasteiger partial charge in [-0.2, -0.15) is 0 Å². The van der Waals surface area contributed by atoms with Crippen LogP contribution in [0.5, 0.6) is 0 Å². The highest BCUT2D eigenvalue weighted by Gasteiger charge is 2.32. The topological polar surface area (TPSA) is 86.8 Å². The molecule has 0 aliphatic carbocycles. The number of sulfonamides is 1. The highest BCUT2D eigenvalue weighted by Crippen LogP contribution is 2.28. The van der Waals surface area contributed by atoms with Gasteiger partial charge in [0.15, 0.2) is 0 Å². The van der Waals surface area contributed by atoms with Crippen molar-refractivity contribution in [2.75, 3.05) is 10.8 Å². The van der Waals surface area contributed by atoms with Gasteiger partial charge in [-0.3, -0.25) is 13.9 Å². The lowest BCUT2D eigenvalue weighted by Crippen LogP contribution is -2.52. The zero-order valence-electron chi connectivity index (χ0n) is 20.8. The summed E-state index contributed by atoms with van der Waals surface area (Å²) in [5.41, 5.74) is 0.782. The molecule has 0 spiro atoms. The molecule has 2 amide bonds. The Hall–Kier alpha value is -3.43. The molecule has 3 aromatic rings. The number of carbonyl (C=O) groups is 2. The van der Waals surface area contributed by atoms with Crippen molar-refractivity contribution in [3.63, 3.8) is 0 Å². The summed E-state index contributed by atoms with van der Waals surface area (Å²) in [5, 5.41) is 2.51. The Morgan fingerprint density at radius 3 is 2.11 bits per heavy atom. The molecule has 0 heterocycles. The van der Waals surface area contributed by atoms with Crippen LogP contribution in [0.25, 0.3) is 0 Å². The van der Waals surface area contributed by atoms with E-state index in [9.17, 15) is 22.4 Å². The predicted molar refractivity (Wildman–Crippen MR) is 142 cm³/mol. The molecule has 0 aliphatic heterocycles. The summed E-state index contributed by atoms with van der Waals surface area (Å²) in [6.45, 7) is 4.64. The van der Waals surface area contributed by atoms with Crippen LogP contribution in [-0.4, -0.2) is 43.8 Å². The third-order valence-electron chi connectivity index (χ3n) is 5.60. The van der Waals surface area contributed by atoms with Crippen LogP contribution in [0.2, 0.25) is 5.02 Å². The zero-order chi connectivity index (χ0) is 27.2. The first-order valence-electron chi connectivity index (χ1n) is 11.7. The molecule has 0 radical (unpaired) electrons. The molecule has 1 N–H and O–H groups in total. The summed E-state index contributed by atoms with van der Waals surface area (Å²) in [6, 6.07) is 19.0. The largest absolute Gasteiger partial charge is 0.352 e. The molecule has 0 saturated carbocycles. The van der Waals surface area contributed by atoms with E-state index >= 15 is 0 Å². The van der Waals surface area contributed by atoms with Crippen molar-refractivity contribution in [3.8, 4) is 0 Å². The van der Waals surface area contributed by atoms with Crippen LogP contribution in [0, 0.1) is 5.82 Å². The lowest BCUT2D eigenvalue weighted by molar-refractivity contribution is -0.139. The molecule has 0 unspecified atom stereocenters. The van der Waals surface area contributed by atoms with Gasteiger partial charge in [-0.25, -0.2) is 12.8 Å². The predicted octanol–water partition coefficient (Wildman–Crippen LogP) is 4.62. The lowest BCUT2D eigenvalue weighted by Gasteiger charge is -2.32. The summed E-state index contributed by atoms with van der Waals surface area (Å²) in [7, 11) is -4.25. The van der Waals surface area contributed by atoms with Gasteiger partial charge in [-0.15, -0.1) is 0 Å². The van der Waals surface area contributed by atoms with Crippen LogP contribution in [0.1, 0.15) is 26.3 Å². The highest BCUT2D eigenvalue weighted by atomic mass is 35.5. The third-order valence-corrected chi connectivity index (χ3v) is 7.67. The number of nitrogens with one attached hydrogen (secondary N) is 1. The number of rotatable bonds is 10. The van der Waals surface area contributed by atoms with Crippen molar-refractivity contribution in [1.82, 2.24) is 10.2 Å². The molecule has 7 nitrogen and oxygen atoms in total. The summed E-state index contributed by atoms with van der Waals surface area (Å²) >= 11 is 5.96. The van der Waals surface area contributed by atoms with E-state index in [0.29, 0.717) is 0 Å². The van der Waals surface area contributed by atoms with E-state index in [4.69, 9.17) is 11.6 Å². The van der Waals surface area contributed by atoms with Gasteiger partial charge in [-0.1, -0.05) is 60.1 Å². The van der Waals surface area contributed by atoms with Crippen LogP contribution in [-0.2, 0) is 26.2 Å². The second-order valence-electron chi connectivity index (χ2n) is 8.77. The number of halogens is 2.